The van der Waals surface area contributed by atoms with Crippen LogP contribution >= 0.6 is 0 Å². The molecule has 4 rings (SSSR count). The SMILES string of the molecule is Cc1nnc(-c2cc(-c3cccc(O)c3)ccn2)n1-c1ccccc1. The number of aromatic hydroxyl groups is 1. The van der Waals surface area contributed by atoms with Gasteiger partial charge in [0.2, 0.25) is 0 Å². The first kappa shape index (κ1) is 15.1. The van der Waals surface area contributed by atoms with Gasteiger partial charge in [-0.15, -0.1) is 10.2 Å². The molecule has 5 heteroatoms. The van der Waals surface area contributed by atoms with Crippen molar-refractivity contribution in [2.75, 3.05) is 0 Å². The van der Waals surface area contributed by atoms with Gasteiger partial charge in [-0.3, -0.25) is 9.55 Å². The minimum absolute atomic E-state index is 0.235. The number of phenols is 1. The molecular formula is C20H16N4O. The van der Waals surface area contributed by atoms with Crippen molar-refractivity contribution in [2.45, 2.75) is 6.92 Å². The van der Waals surface area contributed by atoms with Gasteiger partial charge in [0.25, 0.3) is 0 Å². The molecule has 0 bridgehead atoms. The van der Waals surface area contributed by atoms with E-state index in [0.717, 1.165) is 28.3 Å². The van der Waals surface area contributed by atoms with Crippen LogP contribution in [0.25, 0.3) is 28.3 Å². The van der Waals surface area contributed by atoms with Crippen molar-refractivity contribution >= 4 is 0 Å². The fourth-order valence-corrected chi connectivity index (χ4v) is 2.83. The maximum Gasteiger partial charge on any atom is 0.187 e. The monoisotopic (exact) mass is 328 g/mol. The van der Waals surface area contributed by atoms with Gasteiger partial charge in [-0.2, -0.15) is 0 Å². The Morgan fingerprint density at radius 2 is 1.64 bits per heavy atom. The van der Waals surface area contributed by atoms with Crippen LogP contribution in [0.4, 0.5) is 0 Å². The van der Waals surface area contributed by atoms with E-state index in [-0.39, 0.29) is 5.75 Å². The van der Waals surface area contributed by atoms with Crippen LogP contribution in [0, 0.1) is 6.92 Å². The fourth-order valence-electron chi connectivity index (χ4n) is 2.83. The van der Waals surface area contributed by atoms with Gasteiger partial charge in [-0.25, -0.2) is 0 Å². The first-order valence-electron chi connectivity index (χ1n) is 7.95. The average Bonchev–Trinajstić information content (AvgIpc) is 3.04. The number of nitrogens with zero attached hydrogens (tertiary/aromatic N) is 4. The molecule has 2 aromatic heterocycles. The van der Waals surface area contributed by atoms with E-state index in [4.69, 9.17) is 0 Å². The number of aryl methyl sites for hydroxylation is 1. The van der Waals surface area contributed by atoms with Crippen LogP contribution in [-0.4, -0.2) is 24.9 Å². The van der Waals surface area contributed by atoms with E-state index in [2.05, 4.69) is 15.2 Å². The Labute approximate surface area is 145 Å². The van der Waals surface area contributed by atoms with Crippen molar-refractivity contribution < 1.29 is 5.11 Å². The number of para-hydroxylation sites is 1. The summed E-state index contributed by atoms with van der Waals surface area (Å²) in [6, 6.07) is 21.0. The topological polar surface area (TPSA) is 63.8 Å². The Balaban J connectivity index is 1.83. The number of pyridine rings is 1. The van der Waals surface area contributed by atoms with E-state index in [9.17, 15) is 5.11 Å². The largest absolute Gasteiger partial charge is 0.508 e. The molecule has 25 heavy (non-hydrogen) atoms. The molecular weight excluding hydrogens is 312 g/mol. The minimum atomic E-state index is 0.235. The van der Waals surface area contributed by atoms with E-state index in [1.165, 1.54) is 0 Å². The molecule has 1 N–H and O–H groups in total. The molecule has 0 spiro atoms. The van der Waals surface area contributed by atoms with Crippen LogP contribution in [0.2, 0.25) is 0 Å². The maximum absolute atomic E-state index is 9.71. The number of rotatable bonds is 3. The molecule has 0 saturated heterocycles. The summed E-state index contributed by atoms with van der Waals surface area (Å²) < 4.78 is 1.98. The Hall–Kier alpha value is -3.47. The highest BCUT2D eigenvalue weighted by molar-refractivity contribution is 5.69. The molecule has 0 saturated carbocycles. The molecule has 0 unspecified atom stereocenters. The van der Waals surface area contributed by atoms with Crippen molar-refractivity contribution in [3.05, 3.63) is 78.8 Å². The molecule has 0 fully saturated rings. The van der Waals surface area contributed by atoms with Crippen molar-refractivity contribution in [1.29, 1.82) is 0 Å². The zero-order chi connectivity index (χ0) is 17.2. The normalized spacial score (nSPS) is 10.8. The summed E-state index contributed by atoms with van der Waals surface area (Å²) in [5.74, 6) is 1.72. The molecule has 0 amide bonds. The lowest BCUT2D eigenvalue weighted by Gasteiger charge is -2.09. The molecule has 2 heterocycles. The Kier molecular flexibility index (Phi) is 3.74. The van der Waals surface area contributed by atoms with Gasteiger partial charge >= 0.3 is 0 Å². The van der Waals surface area contributed by atoms with Gasteiger partial charge in [-0.1, -0.05) is 30.3 Å². The van der Waals surface area contributed by atoms with Crippen LogP contribution in [-0.2, 0) is 0 Å². The van der Waals surface area contributed by atoms with E-state index in [0.29, 0.717) is 5.82 Å². The molecule has 2 aromatic carbocycles. The van der Waals surface area contributed by atoms with Crippen LogP contribution in [0.15, 0.2) is 72.9 Å². The summed E-state index contributed by atoms with van der Waals surface area (Å²) >= 11 is 0. The molecule has 0 aliphatic carbocycles. The van der Waals surface area contributed by atoms with E-state index in [1.807, 2.05) is 66.1 Å². The summed E-state index contributed by atoms with van der Waals surface area (Å²) in [5.41, 5.74) is 3.60. The van der Waals surface area contributed by atoms with Crippen molar-refractivity contribution in [3.63, 3.8) is 0 Å². The number of hydrogen-bond donors (Lipinski definition) is 1. The highest BCUT2D eigenvalue weighted by Crippen LogP contribution is 2.27. The fraction of sp³-hybridized carbons (Fsp3) is 0.0500. The number of hydrogen-bond acceptors (Lipinski definition) is 4. The summed E-state index contributed by atoms with van der Waals surface area (Å²) in [4.78, 5) is 4.47. The third-order valence-corrected chi connectivity index (χ3v) is 4.01. The predicted molar refractivity (Wildman–Crippen MR) is 96.4 cm³/mol. The Morgan fingerprint density at radius 1 is 0.840 bits per heavy atom. The number of benzene rings is 2. The van der Waals surface area contributed by atoms with Crippen LogP contribution < -0.4 is 0 Å². The van der Waals surface area contributed by atoms with Crippen molar-refractivity contribution in [1.82, 2.24) is 19.7 Å². The second-order valence-electron chi connectivity index (χ2n) is 5.72. The van der Waals surface area contributed by atoms with Crippen LogP contribution in [0.3, 0.4) is 0 Å². The molecule has 0 radical (unpaired) electrons. The average molecular weight is 328 g/mol. The quantitative estimate of drug-likeness (QED) is 0.617. The van der Waals surface area contributed by atoms with Gasteiger partial charge in [0.1, 0.15) is 17.3 Å². The third-order valence-electron chi connectivity index (χ3n) is 4.01. The molecule has 0 aliphatic rings. The van der Waals surface area contributed by atoms with E-state index in [1.54, 1.807) is 18.3 Å². The predicted octanol–water partition coefficient (Wildman–Crippen LogP) is 4.01. The highest BCUT2D eigenvalue weighted by atomic mass is 16.3. The molecule has 0 aliphatic heterocycles. The standard InChI is InChI=1S/C20H16N4O/c1-14-22-23-20(24(14)17-7-3-2-4-8-17)19-13-16(10-11-21-19)15-6-5-9-18(25)12-15/h2-13,25H,1H3. The summed E-state index contributed by atoms with van der Waals surface area (Å²) in [5, 5.41) is 18.2. The molecule has 0 atom stereocenters. The Bertz CT molecular complexity index is 1020. The van der Waals surface area contributed by atoms with Gasteiger partial charge in [-0.05, 0) is 54.4 Å². The first-order chi connectivity index (χ1) is 12.2. The zero-order valence-electron chi connectivity index (χ0n) is 13.7. The van der Waals surface area contributed by atoms with E-state index >= 15 is 0 Å². The second-order valence-corrected chi connectivity index (χ2v) is 5.72. The van der Waals surface area contributed by atoms with Gasteiger partial charge in [0, 0.05) is 11.9 Å². The van der Waals surface area contributed by atoms with Crippen molar-refractivity contribution in [3.8, 4) is 34.1 Å². The molecule has 122 valence electrons. The number of phenolic OH excluding ortho intramolecular Hbond substituents is 1. The number of aromatic nitrogens is 4. The second kappa shape index (κ2) is 6.20. The molecule has 5 nitrogen and oxygen atoms in total. The zero-order valence-corrected chi connectivity index (χ0v) is 13.7. The lowest BCUT2D eigenvalue weighted by Crippen LogP contribution is -2.00. The smallest absolute Gasteiger partial charge is 0.187 e. The third kappa shape index (κ3) is 2.87. The van der Waals surface area contributed by atoms with Crippen LogP contribution in [0.1, 0.15) is 5.82 Å². The lowest BCUT2D eigenvalue weighted by molar-refractivity contribution is 0.475. The van der Waals surface area contributed by atoms with Crippen molar-refractivity contribution in [2.24, 2.45) is 0 Å². The van der Waals surface area contributed by atoms with Gasteiger partial charge < -0.3 is 5.11 Å². The van der Waals surface area contributed by atoms with Crippen LogP contribution in [0.5, 0.6) is 5.75 Å². The molecule has 4 aromatic rings. The summed E-state index contributed by atoms with van der Waals surface area (Å²) in [7, 11) is 0. The highest BCUT2D eigenvalue weighted by Gasteiger charge is 2.14. The lowest BCUT2D eigenvalue weighted by atomic mass is 10.1. The summed E-state index contributed by atoms with van der Waals surface area (Å²) in [6.45, 7) is 1.92. The van der Waals surface area contributed by atoms with E-state index < -0.39 is 0 Å². The minimum Gasteiger partial charge on any atom is -0.508 e. The first-order valence-corrected chi connectivity index (χ1v) is 7.95. The maximum atomic E-state index is 9.71. The summed E-state index contributed by atoms with van der Waals surface area (Å²) in [6.07, 6.45) is 1.74. The van der Waals surface area contributed by atoms with Gasteiger partial charge in [0.05, 0.1) is 0 Å². The Morgan fingerprint density at radius 3 is 2.44 bits per heavy atom. The van der Waals surface area contributed by atoms with Gasteiger partial charge in [0.15, 0.2) is 5.82 Å².